The summed E-state index contributed by atoms with van der Waals surface area (Å²) in [5.41, 5.74) is 5.77. The summed E-state index contributed by atoms with van der Waals surface area (Å²) in [5.74, 6) is -0.0319. The number of hydrogen-bond donors (Lipinski definition) is 3. The maximum absolute atomic E-state index is 12.2. The van der Waals surface area contributed by atoms with E-state index in [9.17, 15) is 9.59 Å². The molecule has 0 aromatic rings. The third-order valence-electron chi connectivity index (χ3n) is 4.67. The summed E-state index contributed by atoms with van der Waals surface area (Å²) < 4.78 is 0. The first-order chi connectivity index (χ1) is 10.6. The average molecular weight is 349 g/mol. The highest BCUT2D eigenvalue weighted by molar-refractivity contribution is 5.85. The van der Waals surface area contributed by atoms with Gasteiger partial charge in [-0.05, 0) is 38.1 Å². The molecule has 0 saturated heterocycles. The fourth-order valence-corrected chi connectivity index (χ4v) is 3.29. The summed E-state index contributed by atoms with van der Waals surface area (Å²) in [6.07, 6.45) is 10.8. The van der Waals surface area contributed by atoms with E-state index in [1.807, 2.05) is 0 Å². The zero-order valence-electron chi connectivity index (χ0n) is 14.1. The van der Waals surface area contributed by atoms with Gasteiger partial charge in [-0.3, -0.25) is 9.59 Å². The highest BCUT2D eigenvalue weighted by Gasteiger charge is 2.29. The van der Waals surface area contributed by atoms with Gasteiger partial charge in [0.2, 0.25) is 5.91 Å². The second-order valence-electron chi connectivity index (χ2n) is 6.44. The molecule has 1 fully saturated rings. The van der Waals surface area contributed by atoms with Crippen molar-refractivity contribution in [3.63, 3.8) is 0 Å². The van der Waals surface area contributed by atoms with Gasteiger partial charge in [-0.2, -0.15) is 0 Å². The Kier molecular flexibility index (Phi) is 13.1. The Morgan fingerprint density at radius 1 is 1.00 bits per heavy atom. The van der Waals surface area contributed by atoms with Gasteiger partial charge in [0, 0.05) is 18.9 Å². The van der Waals surface area contributed by atoms with Crippen molar-refractivity contribution in [3.8, 4) is 0 Å². The fourth-order valence-electron chi connectivity index (χ4n) is 3.29. The van der Waals surface area contributed by atoms with Crippen molar-refractivity contribution in [2.24, 2.45) is 17.6 Å². The van der Waals surface area contributed by atoms with Gasteiger partial charge in [0.05, 0.1) is 0 Å². The Balaban J connectivity index is 0.00000484. The predicted octanol–water partition coefficient (Wildman–Crippen LogP) is 3.10. The third kappa shape index (κ3) is 9.82. The van der Waals surface area contributed by atoms with Crippen molar-refractivity contribution in [2.75, 3.05) is 13.1 Å². The predicted molar refractivity (Wildman–Crippen MR) is 94.7 cm³/mol. The standard InChI is InChI=1S/C17H32N2O3.ClH/c18-13-14-9-6-7-10-15(14)17(22)19-12-8-4-2-1-3-5-11-16(20)21;/h14-15H,1-13,18H2,(H,19,22)(H,20,21);1H. The van der Waals surface area contributed by atoms with E-state index in [4.69, 9.17) is 10.8 Å². The molecule has 1 rings (SSSR count). The van der Waals surface area contributed by atoms with E-state index in [2.05, 4.69) is 5.32 Å². The molecule has 1 saturated carbocycles. The average Bonchev–Trinajstić information content (AvgIpc) is 2.52. The molecule has 4 N–H and O–H groups in total. The van der Waals surface area contributed by atoms with Crippen LogP contribution in [-0.2, 0) is 9.59 Å². The van der Waals surface area contributed by atoms with Crippen LogP contribution in [0.25, 0.3) is 0 Å². The van der Waals surface area contributed by atoms with Crippen LogP contribution in [0.1, 0.15) is 70.6 Å². The van der Waals surface area contributed by atoms with Crippen molar-refractivity contribution in [1.82, 2.24) is 5.32 Å². The van der Waals surface area contributed by atoms with Gasteiger partial charge in [0.15, 0.2) is 0 Å². The van der Waals surface area contributed by atoms with Crippen molar-refractivity contribution in [3.05, 3.63) is 0 Å². The van der Waals surface area contributed by atoms with Crippen LogP contribution in [0.4, 0.5) is 0 Å². The van der Waals surface area contributed by atoms with Crippen molar-refractivity contribution in [2.45, 2.75) is 70.6 Å². The van der Waals surface area contributed by atoms with Crippen LogP contribution in [0.15, 0.2) is 0 Å². The Labute approximate surface area is 146 Å². The molecule has 0 aromatic carbocycles. The SMILES string of the molecule is Cl.NCC1CCCCC1C(=O)NCCCCCCCCC(=O)O. The van der Waals surface area contributed by atoms with Gasteiger partial charge in [-0.15, -0.1) is 12.4 Å². The van der Waals surface area contributed by atoms with Gasteiger partial charge >= 0.3 is 5.97 Å². The number of hydrogen-bond acceptors (Lipinski definition) is 3. The first-order valence-electron chi connectivity index (χ1n) is 8.84. The number of rotatable bonds is 11. The van der Waals surface area contributed by atoms with E-state index in [1.165, 1.54) is 6.42 Å². The first-order valence-corrected chi connectivity index (χ1v) is 8.84. The first kappa shape index (κ1) is 22.2. The van der Waals surface area contributed by atoms with Crippen molar-refractivity contribution < 1.29 is 14.7 Å². The number of aliphatic carboxylic acids is 1. The molecule has 1 aliphatic rings. The lowest BCUT2D eigenvalue weighted by molar-refractivity contribution is -0.137. The van der Waals surface area contributed by atoms with Crippen LogP contribution in [0.3, 0.4) is 0 Å². The third-order valence-corrected chi connectivity index (χ3v) is 4.67. The van der Waals surface area contributed by atoms with Crippen molar-refractivity contribution >= 4 is 24.3 Å². The van der Waals surface area contributed by atoms with Gasteiger partial charge in [-0.1, -0.05) is 38.5 Å². The molecule has 6 heteroatoms. The van der Waals surface area contributed by atoms with Gasteiger partial charge in [0.25, 0.3) is 0 Å². The topological polar surface area (TPSA) is 92.4 Å². The molecule has 2 unspecified atom stereocenters. The second-order valence-corrected chi connectivity index (χ2v) is 6.44. The number of carboxylic acid groups (broad SMARTS) is 1. The minimum Gasteiger partial charge on any atom is -0.481 e. The lowest BCUT2D eigenvalue weighted by atomic mass is 9.79. The molecule has 0 aromatic heterocycles. The van der Waals surface area contributed by atoms with Crippen LogP contribution in [0.2, 0.25) is 0 Å². The Bertz CT molecular complexity index is 340. The molecule has 2 atom stereocenters. The molecule has 1 aliphatic carbocycles. The molecule has 0 bridgehead atoms. The lowest BCUT2D eigenvalue weighted by Gasteiger charge is -2.29. The molecule has 1 amide bonds. The summed E-state index contributed by atoms with van der Waals surface area (Å²) in [5, 5.41) is 11.6. The maximum Gasteiger partial charge on any atom is 0.303 e. The van der Waals surface area contributed by atoms with Crippen LogP contribution in [0, 0.1) is 11.8 Å². The van der Waals surface area contributed by atoms with Gasteiger partial charge in [0.1, 0.15) is 0 Å². The zero-order chi connectivity index (χ0) is 16.2. The Morgan fingerprint density at radius 2 is 1.61 bits per heavy atom. The molecule has 0 spiro atoms. The number of halogens is 1. The summed E-state index contributed by atoms with van der Waals surface area (Å²) in [6, 6.07) is 0. The van der Waals surface area contributed by atoms with Crippen LogP contribution in [-0.4, -0.2) is 30.1 Å². The van der Waals surface area contributed by atoms with E-state index in [1.54, 1.807) is 0 Å². The van der Waals surface area contributed by atoms with Gasteiger partial charge in [-0.25, -0.2) is 0 Å². The molecular formula is C17H33ClN2O3. The maximum atomic E-state index is 12.2. The van der Waals surface area contributed by atoms with E-state index >= 15 is 0 Å². The number of unbranched alkanes of at least 4 members (excludes halogenated alkanes) is 5. The van der Waals surface area contributed by atoms with Gasteiger partial charge < -0.3 is 16.2 Å². The molecule has 0 radical (unpaired) electrons. The fraction of sp³-hybridized carbons (Fsp3) is 0.882. The molecular weight excluding hydrogens is 316 g/mol. The zero-order valence-corrected chi connectivity index (χ0v) is 14.9. The van der Waals surface area contributed by atoms with Crippen LogP contribution in [0.5, 0.6) is 0 Å². The smallest absolute Gasteiger partial charge is 0.303 e. The highest BCUT2D eigenvalue weighted by atomic mass is 35.5. The summed E-state index contributed by atoms with van der Waals surface area (Å²) in [4.78, 5) is 22.5. The molecule has 0 aliphatic heterocycles. The minimum atomic E-state index is -0.707. The van der Waals surface area contributed by atoms with Crippen LogP contribution >= 0.6 is 12.4 Å². The minimum absolute atomic E-state index is 0. The number of nitrogens with one attached hydrogen (secondary N) is 1. The largest absolute Gasteiger partial charge is 0.481 e. The van der Waals surface area contributed by atoms with E-state index in [0.717, 1.165) is 64.3 Å². The lowest BCUT2D eigenvalue weighted by Crippen LogP contribution is -2.39. The highest BCUT2D eigenvalue weighted by Crippen LogP contribution is 2.29. The normalized spacial score (nSPS) is 20.6. The summed E-state index contributed by atoms with van der Waals surface area (Å²) in [7, 11) is 0. The number of amides is 1. The number of carboxylic acids is 1. The number of nitrogens with two attached hydrogens (primary N) is 1. The molecule has 23 heavy (non-hydrogen) atoms. The van der Waals surface area contributed by atoms with E-state index in [-0.39, 0.29) is 30.7 Å². The molecule has 136 valence electrons. The van der Waals surface area contributed by atoms with E-state index < -0.39 is 5.97 Å². The summed E-state index contributed by atoms with van der Waals surface area (Å²) >= 11 is 0. The molecule has 0 heterocycles. The van der Waals surface area contributed by atoms with Crippen LogP contribution < -0.4 is 11.1 Å². The van der Waals surface area contributed by atoms with E-state index in [0.29, 0.717) is 12.5 Å². The Morgan fingerprint density at radius 3 is 2.26 bits per heavy atom. The second kappa shape index (κ2) is 13.6. The number of carbonyl (C=O) groups excluding carboxylic acids is 1. The Hall–Kier alpha value is -0.810. The monoisotopic (exact) mass is 348 g/mol. The number of carbonyl (C=O) groups is 2. The summed E-state index contributed by atoms with van der Waals surface area (Å²) in [6.45, 7) is 1.37. The quantitative estimate of drug-likeness (QED) is 0.500. The van der Waals surface area contributed by atoms with Crippen molar-refractivity contribution in [1.29, 1.82) is 0 Å². The molecule has 5 nitrogen and oxygen atoms in total.